The van der Waals surface area contributed by atoms with Gasteiger partial charge in [0.25, 0.3) is 0 Å². The second-order valence-electron chi connectivity index (χ2n) is 4.37. The van der Waals surface area contributed by atoms with Gasteiger partial charge in [-0.25, -0.2) is 0 Å². The lowest BCUT2D eigenvalue weighted by Gasteiger charge is -2.08. The number of para-hydroxylation sites is 1. The lowest BCUT2D eigenvalue weighted by Crippen LogP contribution is -1.96. The van der Waals surface area contributed by atoms with E-state index >= 15 is 0 Å². The summed E-state index contributed by atoms with van der Waals surface area (Å²) in [4.78, 5) is 1.33. The minimum absolute atomic E-state index is 0.845. The molecule has 0 amide bonds. The maximum atomic E-state index is 5.76. The van der Waals surface area contributed by atoms with Crippen LogP contribution in [0.25, 0.3) is 0 Å². The summed E-state index contributed by atoms with van der Waals surface area (Å²) < 4.78 is 5.76. The van der Waals surface area contributed by atoms with Crippen molar-refractivity contribution in [3.8, 4) is 11.5 Å². The quantitative estimate of drug-likeness (QED) is 0.698. The number of hydrogen-bond acceptors (Lipinski definition) is 3. The molecule has 1 N–H and O–H groups in total. The monoisotopic (exact) mass is 281 g/mol. The first kappa shape index (κ1) is 12.8. The third-order valence-electron chi connectivity index (χ3n) is 2.88. The van der Waals surface area contributed by atoms with Gasteiger partial charge in [-0.1, -0.05) is 24.3 Å². The maximum absolute atomic E-state index is 5.76. The first-order valence-electron chi connectivity index (χ1n) is 6.49. The van der Waals surface area contributed by atoms with E-state index in [-0.39, 0.29) is 0 Å². The molecule has 0 radical (unpaired) electrons. The van der Waals surface area contributed by atoms with Crippen LogP contribution in [0.5, 0.6) is 11.5 Å². The van der Waals surface area contributed by atoms with E-state index < -0.39 is 0 Å². The first-order chi connectivity index (χ1) is 9.90. The van der Waals surface area contributed by atoms with Crippen molar-refractivity contribution in [2.24, 2.45) is 0 Å². The van der Waals surface area contributed by atoms with Crippen molar-refractivity contribution in [2.45, 2.75) is 6.54 Å². The second-order valence-corrected chi connectivity index (χ2v) is 5.40. The van der Waals surface area contributed by atoms with E-state index in [0.717, 1.165) is 23.7 Å². The number of ether oxygens (including phenoxy) is 1. The van der Waals surface area contributed by atoms with E-state index in [1.807, 2.05) is 54.6 Å². The zero-order valence-corrected chi connectivity index (χ0v) is 11.8. The molecule has 100 valence electrons. The third-order valence-corrected chi connectivity index (χ3v) is 3.76. The van der Waals surface area contributed by atoms with Crippen LogP contribution in [0.15, 0.2) is 72.1 Å². The van der Waals surface area contributed by atoms with Crippen LogP contribution in [-0.2, 0) is 6.54 Å². The molecule has 0 aliphatic carbocycles. The Bertz CT molecular complexity index is 633. The van der Waals surface area contributed by atoms with E-state index in [4.69, 9.17) is 4.74 Å². The zero-order valence-electron chi connectivity index (χ0n) is 11.0. The Balaban J connectivity index is 1.60. The largest absolute Gasteiger partial charge is 0.457 e. The first-order valence-corrected chi connectivity index (χ1v) is 7.37. The summed E-state index contributed by atoms with van der Waals surface area (Å²) in [6, 6.07) is 22.0. The molecular weight excluding hydrogens is 266 g/mol. The number of rotatable bonds is 5. The molecule has 0 fully saturated rings. The lowest BCUT2D eigenvalue weighted by atomic mass is 10.3. The van der Waals surface area contributed by atoms with Crippen LogP contribution in [0.2, 0.25) is 0 Å². The van der Waals surface area contributed by atoms with Crippen LogP contribution < -0.4 is 10.1 Å². The molecular formula is C17H15NOS. The molecule has 2 nitrogen and oxygen atoms in total. The van der Waals surface area contributed by atoms with E-state index in [2.05, 4.69) is 22.8 Å². The Labute approximate surface area is 122 Å². The van der Waals surface area contributed by atoms with Crippen LogP contribution >= 0.6 is 11.3 Å². The van der Waals surface area contributed by atoms with Gasteiger partial charge in [0.1, 0.15) is 11.5 Å². The van der Waals surface area contributed by atoms with E-state index in [1.54, 1.807) is 11.3 Å². The topological polar surface area (TPSA) is 21.3 Å². The average Bonchev–Trinajstić information content (AvgIpc) is 3.01. The van der Waals surface area contributed by atoms with Gasteiger partial charge in [-0.2, -0.15) is 0 Å². The molecule has 0 unspecified atom stereocenters. The van der Waals surface area contributed by atoms with Crippen molar-refractivity contribution in [3.63, 3.8) is 0 Å². The fourth-order valence-electron chi connectivity index (χ4n) is 1.87. The van der Waals surface area contributed by atoms with Gasteiger partial charge in [0.2, 0.25) is 0 Å². The Morgan fingerprint density at radius 2 is 1.55 bits per heavy atom. The summed E-state index contributed by atoms with van der Waals surface area (Å²) in [6.45, 7) is 0.858. The highest BCUT2D eigenvalue weighted by atomic mass is 32.1. The van der Waals surface area contributed by atoms with Gasteiger partial charge >= 0.3 is 0 Å². The minimum atomic E-state index is 0.845. The number of anilines is 1. The van der Waals surface area contributed by atoms with Crippen molar-refractivity contribution in [3.05, 3.63) is 77.0 Å². The average molecular weight is 281 g/mol. The van der Waals surface area contributed by atoms with Gasteiger partial charge in [-0.05, 0) is 47.8 Å². The number of benzene rings is 2. The molecule has 3 aromatic rings. The summed E-state index contributed by atoms with van der Waals surface area (Å²) in [5, 5.41) is 5.48. The fraction of sp³-hybridized carbons (Fsp3) is 0.0588. The molecule has 0 spiro atoms. The normalized spacial score (nSPS) is 10.2. The molecule has 1 aromatic heterocycles. The highest BCUT2D eigenvalue weighted by Gasteiger charge is 1.98. The van der Waals surface area contributed by atoms with Gasteiger partial charge in [0.15, 0.2) is 0 Å². The maximum Gasteiger partial charge on any atom is 0.127 e. The summed E-state index contributed by atoms with van der Waals surface area (Å²) >= 11 is 1.76. The van der Waals surface area contributed by atoms with Crippen LogP contribution in [0.1, 0.15) is 4.88 Å². The smallest absolute Gasteiger partial charge is 0.127 e. The van der Waals surface area contributed by atoms with E-state index in [9.17, 15) is 0 Å². The molecule has 0 saturated heterocycles. The molecule has 20 heavy (non-hydrogen) atoms. The number of thiophene rings is 1. The van der Waals surface area contributed by atoms with Gasteiger partial charge in [0, 0.05) is 17.1 Å². The van der Waals surface area contributed by atoms with Gasteiger partial charge < -0.3 is 10.1 Å². The van der Waals surface area contributed by atoms with Crippen molar-refractivity contribution in [1.82, 2.24) is 0 Å². The summed E-state index contributed by atoms with van der Waals surface area (Å²) in [6.07, 6.45) is 0. The van der Waals surface area contributed by atoms with Crippen LogP contribution in [0, 0.1) is 0 Å². The van der Waals surface area contributed by atoms with Crippen LogP contribution in [-0.4, -0.2) is 0 Å². The van der Waals surface area contributed by atoms with Crippen LogP contribution in [0.3, 0.4) is 0 Å². The Morgan fingerprint density at radius 1 is 0.800 bits per heavy atom. The highest BCUT2D eigenvalue weighted by Crippen LogP contribution is 2.23. The zero-order chi connectivity index (χ0) is 13.6. The second kappa shape index (κ2) is 6.26. The molecule has 3 heteroatoms. The van der Waals surface area contributed by atoms with Gasteiger partial charge in [-0.3, -0.25) is 0 Å². The predicted octanol–water partition coefficient (Wildman–Crippen LogP) is 5.15. The Morgan fingerprint density at radius 3 is 2.25 bits per heavy atom. The number of nitrogens with one attached hydrogen (secondary N) is 1. The molecule has 0 aliphatic rings. The van der Waals surface area contributed by atoms with E-state index in [1.165, 1.54) is 4.88 Å². The van der Waals surface area contributed by atoms with Crippen molar-refractivity contribution in [2.75, 3.05) is 5.32 Å². The van der Waals surface area contributed by atoms with Gasteiger partial charge in [0.05, 0.1) is 0 Å². The minimum Gasteiger partial charge on any atom is -0.457 e. The molecule has 0 saturated carbocycles. The lowest BCUT2D eigenvalue weighted by molar-refractivity contribution is 0.483. The van der Waals surface area contributed by atoms with Crippen molar-refractivity contribution in [1.29, 1.82) is 0 Å². The molecule has 0 atom stereocenters. The van der Waals surface area contributed by atoms with Crippen molar-refractivity contribution < 1.29 is 4.74 Å². The Kier molecular flexibility index (Phi) is 3.99. The number of hydrogen-bond donors (Lipinski definition) is 1. The summed E-state index contributed by atoms with van der Waals surface area (Å²) in [5.74, 6) is 1.70. The highest BCUT2D eigenvalue weighted by molar-refractivity contribution is 7.09. The predicted molar refractivity (Wildman–Crippen MR) is 84.6 cm³/mol. The Hall–Kier alpha value is -2.26. The van der Waals surface area contributed by atoms with E-state index in [0.29, 0.717) is 0 Å². The summed E-state index contributed by atoms with van der Waals surface area (Å²) in [5.41, 5.74) is 1.10. The third kappa shape index (κ3) is 3.39. The van der Waals surface area contributed by atoms with Gasteiger partial charge in [-0.15, -0.1) is 11.3 Å². The standard InChI is InChI=1S/C17H15NOS/c1-2-5-15(6-3-1)19-16-10-8-14(9-11-16)18-13-17-7-4-12-20-17/h1-12,18H,13H2. The molecule has 0 aliphatic heterocycles. The van der Waals surface area contributed by atoms with Crippen LogP contribution in [0.4, 0.5) is 5.69 Å². The molecule has 0 bridgehead atoms. The SMILES string of the molecule is c1ccc(Oc2ccc(NCc3cccs3)cc2)cc1. The molecule has 2 aromatic carbocycles. The summed E-state index contributed by atoms with van der Waals surface area (Å²) in [7, 11) is 0. The fourth-order valence-corrected chi connectivity index (χ4v) is 2.51. The van der Waals surface area contributed by atoms with Crippen molar-refractivity contribution >= 4 is 17.0 Å². The molecule has 3 rings (SSSR count). The molecule has 1 heterocycles.